The molecular weight excluding hydrogens is 314 g/mol. The molecule has 4 unspecified atom stereocenters. The lowest BCUT2D eigenvalue weighted by Gasteiger charge is -2.28. The van der Waals surface area contributed by atoms with Gasteiger partial charge in [0.1, 0.15) is 0 Å². The third-order valence-electron chi connectivity index (χ3n) is 5.10. The molecule has 2 nitrogen and oxygen atoms in total. The summed E-state index contributed by atoms with van der Waals surface area (Å²) in [5.74, 6) is 2.67. The lowest BCUT2D eigenvalue weighted by molar-refractivity contribution is -0.121. The second-order valence-corrected chi connectivity index (χ2v) is 7.41. The molecule has 1 aromatic carbocycles. The van der Waals surface area contributed by atoms with E-state index in [4.69, 9.17) is 0 Å². The first-order valence-electron chi connectivity index (χ1n) is 7.65. The van der Waals surface area contributed by atoms with E-state index in [9.17, 15) is 4.79 Å². The van der Waals surface area contributed by atoms with E-state index in [0.717, 1.165) is 21.9 Å². The van der Waals surface area contributed by atoms with Crippen LogP contribution in [0.25, 0.3) is 0 Å². The smallest absolute Gasteiger partial charge is 0.224 e. The fourth-order valence-electron chi connectivity index (χ4n) is 4.11. The SMILES string of the molecule is CC(NC(=O)Cc1ccc(Br)cc1)C1CC2CCC1C2. The van der Waals surface area contributed by atoms with Gasteiger partial charge in [0, 0.05) is 10.5 Å². The third kappa shape index (κ3) is 3.08. The number of rotatable bonds is 4. The number of fused-ring (bicyclic) bond motifs is 2. The minimum atomic E-state index is 0.155. The fourth-order valence-corrected chi connectivity index (χ4v) is 4.37. The number of carbonyl (C=O) groups excluding carboxylic acids is 1. The van der Waals surface area contributed by atoms with E-state index in [2.05, 4.69) is 28.2 Å². The average molecular weight is 336 g/mol. The maximum absolute atomic E-state index is 12.1. The van der Waals surface area contributed by atoms with Gasteiger partial charge < -0.3 is 5.32 Å². The zero-order valence-electron chi connectivity index (χ0n) is 11.9. The van der Waals surface area contributed by atoms with Crippen molar-refractivity contribution >= 4 is 21.8 Å². The van der Waals surface area contributed by atoms with Crippen molar-refractivity contribution in [2.75, 3.05) is 0 Å². The number of carbonyl (C=O) groups is 1. The van der Waals surface area contributed by atoms with Crippen LogP contribution in [-0.2, 0) is 11.2 Å². The maximum Gasteiger partial charge on any atom is 0.224 e. The van der Waals surface area contributed by atoms with E-state index in [1.165, 1.54) is 25.7 Å². The van der Waals surface area contributed by atoms with Gasteiger partial charge in [-0.25, -0.2) is 0 Å². The summed E-state index contributed by atoms with van der Waals surface area (Å²) in [4.78, 5) is 12.1. The number of benzene rings is 1. The Kier molecular flexibility index (Phi) is 4.16. The zero-order valence-corrected chi connectivity index (χ0v) is 13.5. The molecule has 0 radical (unpaired) electrons. The van der Waals surface area contributed by atoms with Gasteiger partial charge in [-0.3, -0.25) is 4.79 Å². The van der Waals surface area contributed by atoms with Crippen molar-refractivity contribution in [1.82, 2.24) is 5.32 Å². The minimum absolute atomic E-state index is 0.155. The van der Waals surface area contributed by atoms with Crippen LogP contribution in [0.5, 0.6) is 0 Å². The Labute approximate surface area is 129 Å². The van der Waals surface area contributed by atoms with Crippen LogP contribution in [-0.4, -0.2) is 11.9 Å². The second kappa shape index (κ2) is 5.88. The summed E-state index contributed by atoms with van der Waals surface area (Å²) in [6.07, 6.45) is 6.00. The molecule has 2 bridgehead atoms. The van der Waals surface area contributed by atoms with Crippen molar-refractivity contribution < 1.29 is 4.79 Å². The van der Waals surface area contributed by atoms with Gasteiger partial charge in [-0.1, -0.05) is 34.5 Å². The van der Waals surface area contributed by atoms with Gasteiger partial charge in [0.25, 0.3) is 0 Å². The maximum atomic E-state index is 12.1. The Balaban J connectivity index is 1.52. The largest absolute Gasteiger partial charge is 0.353 e. The van der Waals surface area contributed by atoms with Crippen LogP contribution in [0.15, 0.2) is 28.7 Å². The molecular formula is C17H22BrNO. The van der Waals surface area contributed by atoms with Crippen LogP contribution in [0.2, 0.25) is 0 Å². The van der Waals surface area contributed by atoms with Crippen LogP contribution in [0.1, 0.15) is 38.2 Å². The van der Waals surface area contributed by atoms with Crippen molar-refractivity contribution in [3.63, 3.8) is 0 Å². The number of nitrogens with one attached hydrogen (secondary N) is 1. The number of hydrogen-bond acceptors (Lipinski definition) is 1. The minimum Gasteiger partial charge on any atom is -0.353 e. The van der Waals surface area contributed by atoms with Crippen LogP contribution < -0.4 is 5.32 Å². The molecule has 2 aliphatic carbocycles. The molecule has 1 aromatic rings. The highest BCUT2D eigenvalue weighted by Crippen LogP contribution is 2.49. The van der Waals surface area contributed by atoms with E-state index in [0.29, 0.717) is 18.4 Å². The van der Waals surface area contributed by atoms with Crippen LogP contribution >= 0.6 is 15.9 Å². The molecule has 4 atom stereocenters. The summed E-state index contributed by atoms with van der Waals surface area (Å²) in [5.41, 5.74) is 1.07. The molecule has 1 N–H and O–H groups in total. The van der Waals surface area contributed by atoms with Gasteiger partial charge in [0.15, 0.2) is 0 Å². The lowest BCUT2D eigenvalue weighted by atomic mass is 9.84. The summed E-state index contributed by atoms with van der Waals surface area (Å²) in [5, 5.41) is 3.22. The third-order valence-corrected chi connectivity index (χ3v) is 5.63. The zero-order chi connectivity index (χ0) is 14.1. The first kappa shape index (κ1) is 14.1. The summed E-state index contributed by atoms with van der Waals surface area (Å²) in [6.45, 7) is 2.19. The normalized spacial score (nSPS) is 29.4. The fraction of sp³-hybridized carbons (Fsp3) is 0.588. The summed E-state index contributed by atoms with van der Waals surface area (Å²) in [7, 11) is 0. The molecule has 2 fully saturated rings. The molecule has 3 heteroatoms. The highest BCUT2D eigenvalue weighted by Gasteiger charge is 2.42. The summed E-state index contributed by atoms with van der Waals surface area (Å²) >= 11 is 3.41. The number of halogens is 1. The Morgan fingerprint density at radius 1 is 1.30 bits per heavy atom. The van der Waals surface area contributed by atoms with Gasteiger partial charge in [-0.2, -0.15) is 0 Å². The van der Waals surface area contributed by atoms with Gasteiger partial charge in [0.2, 0.25) is 5.91 Å². The van der Waals surface area contributed by atoms with E-state index < -0.39 is 0 Å². The van der Waals surface area contributed by atoms with Gasteiger partial charge in [-0.15, -0.1) is 0 Å². The highest BCUT2D eigenvalue weighted by atomic mass is 79.9. The van der Waals surface area contributed by atoms with Crippen LogP contribution in [0.3, 0.4) is 0 Å². The van der Waals surface area contributed by atoms with Crippen molar-refractivity contribution in [3.8, 4) is 0 Å². The Morgan fingerprint density at radius 2 is 2.05 bits per heavy atom. The average Bonchev–Trinajstić information content (AvgIpc) is 3.03. The molecule has 0 aliphatic heterocycles. The van der Waals surface area contributed by atoms with E-state index in [1.807, 2.05) is 24.3 Å². The number of amides is 1. The van der Waals surface area contributed by atoms with E-state index >= 15 is 0 Å². The molecule has 108 valence electrons. The Hall–Kier alpha value is -0.830. The van der Waals surface area contributed by atoms with Crippen molar-refractivity contribution in [3.05, 3.63) is 34.3 Å². The first-order valence-corrected chi connectivity index (χ1v) is 8.45. The van der Waals surface area contributed by atoms with Gasteiger partial charge in [-0.05, 0) is 61.6 Å². The molecule has 0 aromatic heterocycles. The molecule has 0 saturated heterocycles. The van der Waals surface area contributed by atoms with Crippen molar-refractivity contribution in [2.24, 2.45) is 17.8 Å². The molecule has 3 rings (SSSR count). The molecule has 2 saturated carbocycles. The highest BCUT2D eigenvalue weighted by molar-refractivity contribution is 9.10. The van der Waals surface area contributed by atoms with Crippen molar-refractivity contribution in [1.29, 1.82) is 0 Å². The summed E-state index contributed by atoms with van der Waals surface area (Å²) < 4.78 is 1.05. The van der Waals surface area contributed by atoms with Crippen LogP contribution in [0.4, 0.5) is 0 Å². The van der Waals surface area contributed by atoms with Crippen LogP contribution in [0, 0.1) is 17.8 Å². The Bertz CT molecular complexity index is 484. The molecule has 0 heterocycles. The first-order chi connectivity index (χ1) is 9.61. The predicted molar refractivity (Wildman–Crippen MR) is 84.4 cm³/mol. The van der Waals surface area contributed by atoms with E-state index in [-0.39, 0.29) is 5.91 Å². The quantitative estimate of drug-likeness (QED) is 0.887. The van der Waals surface area contributed by atoms with E-state index in [1.54, 1.807) is 0 Å². The predicted octanol–water partition coefficient (Wildman–Crippen LogP) is 3.93. The number of hydrogen-bond donors (Lipinski definition) is 1. The lowest BCUT2D eigenvalue weighted by Crippen LogP contribution is -2.40. The molecule has 2 aliphatic rings. The molecule has 20 heavy (non-hydrogen) atoms. The standard InChI is InChI=1S/C17H22BrNO/c1-11(16-9-13-2-5-14(16)8-13)19-17(20)10-12-3-6-15(18)7-4-12/h3-4,6-7,11,13-14,16H,2,5,8-10H2,1H3,(H,19,20). The monoisotopic (exact) mass is 335 g/mol. The second-order valence-electron chi connectivity index (χ2n) is 6.50. The topological polar surface area (TPSA) is 29.1 Å². The van der Waals surface area contributed by atoms with Gasteiger partial charge in [0.05, 0.1) is 6.42 Å². The Morgan fingerprint density at radius 3 is 2.65 bits per heavy atom. The summed E-state index contributed by atoms with van der Waals surface area (Å²) in [6, 6.07) is 8.31. The van der Waals surface area contributed by atoms with Gasteiger partial charge >= 0.3 is 0 Å². The molecule has 0 spiro atoms. The molecule has 1 amide bonds. The van der Waals surface area contributed by atoms with Crippen molar-refractivity contribution in [2.45, 2.75) is 45.1 Å².